The van der Waals surface area contributed by atoms with E-state index in [1.54, 1.807) is 10.6 Å². The summed E-state index contributed by atoms with van der Waals surface area (Å²) in [5.41, 5.74) is 0.00362. The Balaban J connectivity index is 1.50. The number of aromatic nitrogens is 2. The molecule has 0 aliphatic carbocycles. The SMILES string of the molecule is CC(C)C(=O)N1CCN2c3cc(OCc4ccc(F)c(F)c4)nc(=O)n3CC2C1. The number of rotatable bonds is 4. The standard InChI is InChI=1S/C20H22F2N4O3/c1-12(2)19(27)24-5-6-25-14(9-24)10-26-18(25)8-17(23-20(26)28)29-11-13-3-4-15(21)16(22)7-13/h3-4,7-8,12,14H,5-6,9-11H2,1-2H3. The molecule has 1 atom stereocenters. The Morgan fingerprint density at radius 2 is 2.00 bits per heavy atom. The Bertz CT molecular complexity index is 1010. The van der Waals surface area contributed by atoms with E-state index in [0.717, 1.165) is 12.1 Å². The van der Waals surface area contributed by atoms with Gasteiger partial charge in [-0.25, -0.2) is 13.6 Å². The summed E-state index contributed by atoms with van der Waals surface area (Å²) in [6.45, 7) is 5.96. The fourth-order valence-electron chi connectivity index (χ4n) is 3.83. The molecule has 9 heteroatoms. The number of amides is 1. The van der Waals surface area contributed by atoms with Crippen molar-refractivity contribution in [1.82, 2.24) is 14.5 Å². The number of anilines is 1. The lowest BCUT2D eigenvalue weighted by molar-refractivity contribution is -0.135. The molecular formula is C20H22F2N4O3. The Morgan fingerprint density at radius 1 is 1.21 bits per heavy atom. The second kappa shape index (κ2) is 7.46. The summed E-state index contributed by atoms with van der Waals surface area (Å²) in [6, 6.07) is 5.20. The van der Waals surface area contributed by atoms with Crippen LogP contribution in [0, 0.1) is 17.6 Å². The van der Waals surface area contributed by atoms with E-state index in [2.05, 4.69) is 9.88 Å². The fourth-order valence-corrected chi connectivity index (χ4v) is 3.83. The molecule has 154 valence electrons. The Kier molecular flexibility index (Phi) is 4.97. The molecule has 1 aromatic heterocycles. The van der Waals surface area contributed by atoms with Crippen LogP contribution >= 0.6 is 0 Å². The lowest BCUT2D eigenvalue weighted by atomic mass is 10.1. The number of carbonyl (C=O) groups is 1. The molecule has 4 rings (SSSR count). The van der Waals surface area contributed by atoms with Crippen molar-refractivity contribution in [2.24, 2.45) is 5.92 Å². The predicted molar refractivity (Wildman–Crippen MR) is 102 cm³/mol. The van der Waals surface area contributed by atoms with E-state index >= 15 is 0 Å². The van der Waals surface area contributed by atoms with Crippen LogP contribution in [0.5, 0.6) is 5.88 Å². The van der Waals surface area contributed by atoms with E-state index in [1.807, 2.05) is 18.7 Å². The van der Waals surface area contributed by atoms with Crippen molar-refractivity contribution in [1.29, 1.82) is 0 Å². The monoisotopic (exact) mass is 404 g/mol. The van der Waals surface area contributed by atoms with Crippen LogP contribution in [0.3, 0.4) is 0 Å². The van der Waals surface area contributed by atoms with Gasteiger partial charge in [-0.2, -0.15) is 4.98 Å². The summed E-state index contributed by atoms with van der Waals surface area (Å²) < 4.78 is 33.5. The normalized spacial score (nSPS) is 18.0. The fraction of sp³-hybridized carbons (Fsp3) is 0.450. The van der Waals surface area contributed by atoms with Crippen LogP contribution < -0.4 is 15.3 Å². The quantitative estimate of drug-likeness (QED) is 0.777. The number of benzene rings is 1. The van der Waals surface area contributed by atoms with Gasteiger partial charge in [-0.3, -0.25) is 9.36 Å². The van der Waals surface area contributed by atoms with E-state index in [0.29, 0.717) is 37.6 Å². The molecule has 7 nitrogen and oxygen atoms in total. The number of fused-ring (bicyclic) bond motifs is 3. The zero-order chi connectivity index (χ0) is 20.7. The minimum Gasteiger partial charge on any atom is -0.473 e. The van der Waals surface area contributed by atoms with Crippen molar-refractivity contribution in [2.75, 3.05) is 24.5 Å². The lowest BCUT2D eigenvalue weighted by Gasteiger charge is -2.38. The van der Waals surface area contributed by atoms with Gasteiger partial charge in [0, 0.05) is 31.6 Å². The molecule has 2 aromatic rings. The third-order valence-corrected chi connectivity index (χ3v) is 5.31. The highest BCUT2D eigenvalue weighted by molar-refractivity contribution is 5.78. The summed E-state index contributed by atoms with van der Waals surface area (Å²) in [4.78, 5) is 32.7. The van der Waals surface area contributed by atoms with Crippen molar-refractivity contribution in [2.45, 2.75) is 33.0 Å². The summed E-state index contributed by atoms with van der Waals surface area (Å²) >= 11 is 0. The first-order valence-corrected chi connectivity index (χ1v) is 9.57. The highest BCUT2D eigenvalue weighted by Crippen LogP contribution is 2.29. The van der Waals surface area contributed by atoms with E-state index in [9.17, 15) is 18.4 Å². The molecule has 0 N–H and O–H groups in total. The molecule has 1 fully saturated rings. The molecule has 2 aliphatic heterocycles. The van der Waals surface area contributed by atoms with E-state index < -0.39 is 17.3 Å². The van der Waals surface area contributed by atoms with Gasteiger partial charge < -0.3 is 14.5 Å². The minimum atomic E-state index is -0.954. The van der Waals surface area contributed by atoms with Gasteiger partial charge in [-0.15, -0.1) is 0 Å². The molecule has 29 heavy (non-hydrogen) atoms. The number of hydrogen-bond acceptors (Lipinski definition) is 5. The van der Waals surface area contributed by atoms with Gasteiger partial charge >= 0.3 is 5.69 Å². The molecule has 0 saturated carbocycles. The van der Waals surface area contributed by atoms with Gasteiger partial charge in [0.2, 0.25) is 11.8 Å². The molecule has 2 aliphatic rings. The van der Waals surface area contributed by atoms with Crippen molar-refractivity contribution in [3.8, 4) is 5.88 Å². The first kappa shape index (κ1) is 19.4. The Hall–Kier alpha value is -2.97. The maximum Gasteiger partial charge on any atom is 0.352 e. The second-order valence-electron chi connectivity index (χ2n) is 7.67. The molecule has 0 radical (unpaired) electrons. The molecule has 1 saturated heterocycles. The van der Waals surface area contributed by atoms with Gasteiger partial charge in [-0.1, -0.05) is 19.9 Å². The number of carbonyl (C=O) groups excluding carboxylic acids is 1. The molecular weight excluding hydrogens is 382 g/mol. The summed E-state index contributed by atoms with van der Waals surface area (Å²) in [5, 5.41) is 0. The average Bonchev–Trinajstić information content (AvgIpc) is 3.06. The third-order valence-electron chi connectivity index (χ3n) is 5.31. The zero-order valence-electron chi connectivity index (χ0n) is 16.3. The maximum atomic E-state index is 13.3. The van der Waals surface area contributed by atoms with Crippen LogP contribution in [0.4, 0.5) is 14.6 Å². The first-order valence-electron chi connectivity index (χ1n) is 9.57. The van der Waals surface area contributed by atoms with Crippen molar-refractivity contribution >= 4 is 11.7 Å². The lowest BCUT2D eigenvalue weighted by Crippen LogP contribution is -2.54. The minimum absolute atomic E-state index is 0.0161. The highest BCUT2D eigenvalue weighted by atomic mass is 19.2. The topological polar surface area (TPSA) is 67.7 Å². The Morgan fingerprint density at radius 3 is 2.72 bits per heavy atom. The summed E-state index contributed by atoms with van der Waals surface area (Å²) in [5.74, 6) is -1.000. The van der Waals surface area contributed by atoms with Crippen LogP contribution in [-0.4, -0.2) is 46.0 Å². The van der Waals surface area contributed by atoms with Crippen LogP contribution in [0.15, 0.2) is 29.1 Å². The molecule has 0 spiro atoms. The summed E-state index contributed by atoms with van der Waals surface area (Å²) in [7, 11) is 0. The Labute approximate surface area is 166 Å². The largest absolute Gasteiger partial charge is 0.473 e. The number of hydrogen-bond donors (Lipinski definition) is 0. The number of halogens is 2. The van der Waals surface area contributed by atoms with Gasteiger partial charge in [0.1, 0.15) is 12.4 Å². The molecule has 0 bridgehead atoms. The highest BCUT2D eigenvalue weighted by Gasteiger charge is 2.37. The van der Waals surface area contributed by atoms with Crippen molar-refractivity contribution in [3.63, 3.8) is 0 Å². The van der Waals surface area contributed by atoms with Crippen molar-refractivity contribution in [3.05, 3.63) is 51.9 Å². The maximum absolute atomic E-state index is 13.3. The van der Waals surface area contributed by atoms with Crippen LogP contribution in [0.2, 0.25) is 0 Å². The first-order chi connectivity index (χ1) is 13.8. The molecule has 1 aromatic carbocycles. The van der Waals surface area contributed by atoms with Crippen LogP contribution in [0.25, 0.3) is 0 Å². The van der Waals surface area contributed by atoms with E-state index in [-0.39, 0.29) is 30.4 Å². The second-order valence-corrected chi connectivity index (χ2v) is 7.67. The third kappa shape index (κ3) is 3.68. The van der Waals surface area contributed by atoms with Gasteiger partial charge in [0.15, 0.2) is 11.6 Å². The van der Waals surface area contributed by atoms with E-state index in [1.165, 1.54) is 6.07 Å². The molecule has 1 unspecified atom stereocenters. The van der Waals surface area contributed by atoms with Crippen LogP contribution in [0.1, 0.15) is 19.4 Å². The smallest absolute Gasteiger partial charge is 0.352 e. The molecule has 1 amide bonds. The van der Waals surface area contributed by atoms with Gasteiger partial charge in [0.05, 0.1) is 12.6 Å². The van der Waals surface area contributed by atoms with Crippen molar-refractivity contribution < 1.29 is 18.3 Å². The van der Waals surface area contributed by atoms with Crippen LogP contribution in [-0.2, 0) is 17.9 Å². The molecule has 3 heterocycles. The number of piperazine rings is 1. The van der Waals surface area contributed by atoms with Gasteiger partial charge in [-0.05, 0) is 17.7 Å². The van der Waals surface area contributed by atoms with Gasteiger partial charge in [0.25, 0.3) is 0 Å². The predicted octanol–water partition coefficient (Wildman–Crippen LogP) is 1.79. The number of ether oxygens (including phenoxy) is 1. The zero-order valence-corrected chi connectivity index (χ0v) is 16.3. The van der Waals surface area contributed by atoms with E-state index in [4.69, 9.17) is 4.74 Å². The number of nitrogens with zero attached hydrogens (tertiary/aromatic N) is 4. The average molecular weight is 404 g/mol. The summed E-state index contributed by atoms with van der Waals surface area (Å²) in [6.07, 6.45) is 0.